The molecule has 1 amide bonds. The quantitative estimate of drug-likeness (QED) is 0.782. The lowest BCUT2D eigenvalue weighted by atomic mass is 10.3. The second-order valence-corrected chi connectivity index (χ2v) is 4.56. The van der Waals surface area contributed by atoms with Crippen LogP contribution in [-0.2, 0) is 17.9 Å². The predicted octanol–water partition coefficient (Wildman–Crippen LogP) is 0.205. The van der Waals surface area contributed by atoms with Crippen LogP contribution < -0.4 is 10.6 Å². The van der Waals surface area contributed by atoms with E-state index >= 15 is 0 Å². The van der Waals surface area contributed by atoms with E-state index in [9.17, 15) is 4.79 Å². The van der Waals surface area contributed by atoms with Crippen molar-refractivity contribution >= 4 is 11.9 Å². The van der Waals surface area contributed by atoms with Gasteiger partial charge >= 0.3 is 0 Å². The van der Waals surface area contributed by atoms with Gasteiger partial charge in [0, 0.05) is 25.0 Å². The highest BCUT2D eigenvalue weighted by molar-refractivity contribution is 5.88. The van der Waals surface area contributed by atoms with Crippen LogP contribution in [0.2, 0.25) is 0 Å². The van der Waals surface area contributed by atoms with Gasteiger partial charge in [-0.1, -0.05) is 19.1 Å². The fraction of sp³-hybridized carbons (Fsp3) is 0.417. The van der Waals surface area contributed by atoms with E-state index in [2.05, 4.69) is 44.8 Å². The lowest BCUT2D eigenvalue weighted by molar-refractivity contribution is -0.117. The summed E-state index contributed by atoms with van der Waals surface area (Å²) in [6.07, 6.45) is 4.86. The van der Waals surface area contributed by atoms with Gasteiger partial charge in [-0.3, -0.25) is 10.1 Å². The van der Waals surface area contributed by atoms with Crippen LogP contribution in [0, 0.1) is 0 Å². The lowest BCUT2D eigenvalue weighted by Crippen LogP contribution is -2.22. The van der Waals surface area contributed by atoms with Crippen molar-refractivity contribution in [3.05, 3.63) is 30.4 Å². The molecule has 0 aromatic carbocycles. The SMILES string of the molecule is CC(C)NCc1cn(CC(=O)Nc2ncccn2)nn1. The Kier molecular flexibility index (Phi) is 4.72. The Morgan fingerprint density at radius 2 is 2.10 bits per heavy atom. The molecule has 20 heavy (non-hydrogen) atoms. The first-order valence-electron chi connectivity index (χ1n) is 6.33. The van der Waals surface area contributed by atoms with Crippen molar-refractivity contribution in [1.82, 2.24) is 30.3 Å². The van der Waals surface area contributed by atoms with Crippen molar-refractivity contribution in [2.24, 2.45) is 0 Å². The highest BCUT2D eigenvalue weighted by Crippen LogP contribution is 1.97. The van der Waals surface area contributed by atoms with Crippen molar-refractivity contribution in [3.63, 3.8) is 0 Å². The molecule has 0 radical (unpaired) electrons. The molecule has 0 fully saturated rings. The third-order valence-electron chi connectivity index (χ3n) is 2.40. The van der Waals surface area contributed by atoms with Crippen LogP contribution in [0.4, 0.5) is 5.95 Å². The van der Waals surface area contributed by atoms with E-state index in [1.54, 1.807) is 24.7 Å². The van der Waals surface area contributed by atoms with Crippen molar-refractivity contribution in [3.8, 4) is 0 Å². The Bertz CT molecular complexity index is 552. The molecule has 0 unspecified atom stereocenters. The molecule has 8 nitrogen and oxygen atoms in total. The average molecular weight is 275 g/mol. The maximum Gasteiger partial charge on any atom is 0.248 e. The van der Waals surface area contributed by atoms with Crippen molar-refractivity contribution in [1.29, 1.82) is 0 Å². The normalized spacial score (nSPS) is 10.8. The largest absolute Gasteiger partial charge is 0.309 e. The standard InChI is InChI=1S/C12H17N7O/c1-9(2)15-6-10-7-19(18-17-10)8-11(20)16-12-13-4-3-5-14-12/h3-5,7,9,15H,6,8H2,1-2H3,(H,13,14,16,20). The van der Waals surface area contributed by atoms with Crippen LogP contribution in [0.15, 0.2) is 24.7 Å². The highest BCUT2D eigenvalue weighted by atomic mass is 16.2. The van der Waals surface area contributed by atoms with Crippen LogP contribution in [0.25, 0.3) is 0 Å². The van der Waals surface area contributed by atoms with E-state index in [1.165, 1.54) is 4.68 Å². The fourth-order valence-electron chi connectivity index (χ4n) is 1.48. The molecule has 0 aliphatic carbocycles. The molecule has 8 heteroatoms. The molecule has 0 spiro atoms. The molecule has 2 N–H and O–H groups in total. The maximum absolute atomic E-state index is 11.8. The molecule has 0 saturated carbocycles. The molecule has 0 bridgehead atoms. The first-order chi connectivity index (χ1) is 9.63. The summed E-state index contributed by atoms with van der Waals surface area (Å²) in [5.74, 6) is 0.0313. The van der Waals surface area contributed by atoms with Crippen LogP contribution in [0.5, 0.6) is 0 Å². The van der Waals surface area contributed by atoms with Crippen LogP contribution >= 0.6 is 0 Å². The molecule has 2 aromatic rings. The smallest absolute Gasteiger partial charge is 0.248 e. The van der Waals surface area contributed by atoms with Crippen LogP contribution in [-0.4, -0.2) is 36.9 Å². The van der Waals surface area contributed by atoms with E-state index in [0.717, 1.165) is 5.69 Å². The maximum atomic E-state index is 11.8. The van der Waals surface area contributed by atoms with Crippen molar-refractivity contribution < 1.29 is 4.79 Å². The minimum absolute atomic E-state index is 0.0763. The summed E-state index contributed by atoms with van der Waals surface area (Å²) in [5.41, 5.74) is 0.794. The summed E-state index contributed by atoms with van der Waals surface area (Å²) < 4.78 is 1.48. The summed E-state index contributed by atoms with van der Waals surface area (Å²) in [7, 11) is 0. The topological polar surface area (TPSA) is 97.6 Å². The second kappa shape index (κ2) is 6.71. The minimum atomic E-state index is -0.246. The molecule has 106 valence electrons. The predicted molar refractivity (Wildman–Crippen MR) is 72.7 cm³/mol. The van der Waals surface area contributed by atoms with Gasteiger partial charge in [-0.15, -0.1) is 5.10 Å². The Labute approximate surface area is 116 Å². The monoisotopic (exact) mass is 275 g/mol. The minimum Gasteiger partial charge on any atom is -0.309 e. The number of rotatable bonds is 6. The Morgan fingerprint density at radius 1 is 1.35 bits per heavy atom. The van der Waals surface area contributed by atoms with Gasteiger partial charge in [-0.2, -0.15) is 0 Å². The first-order valence-corrected chi connectivity index (χ1v) is 6.33. The van der Waals surface area contributed by atoms with Gasteiger partial charge in [0.1, 0.15) is 6.54 Å². The number of aromatic nitrogens is 5. The summed E-state index contributed by atoms with van der Waals surface area (Å²) in [6, 6.07) is 2.06. The first kappa shape index (κ1) is 14.1. The molecule has 0 aliphatic rings. The average Bonchev–Trinajstić information content (AvgIpc) is 2.85. The zero-order chi connectivity index (χ0) is 14.4. The molecule has 2 rings (SSSR count). The van der Waals surface area contributed by atoms with Gasteiger partial charge in [-0.25, -0.2) is 14.6 Å². The number of hydrogen-bond donors (Lipinski definition) is 2. The molecular formula is C12H17N7O. The summed E-state index contributed by atoms with van der Waals surface area (Å²) >= 11 is 0. The Hall–Kier alpha value is -2.35. The highest BCUT2D eigenvalue weighted by Gasteiger charge is 2.07. The Morgan fingerprint density at radius 3 is 2.80 bits per heavy atom. The number of carbonyl (C=O) groups excluding carboxylic acids is 1. The van der Waals surface area contributed by atoms with Gasteiger partial charge in [0.2, 0.25) is 11.9 Å². The van der Waals surface area contributed by atoms with E-state index in [-0.39, 0.29) is 18.4 Å². The van der Waals surface area contributed by atoms with Crippen molar-refractivity contribution in [2.75, 3.05) is 5.32 Å². The van der Waals surface area contributed by atoms with Gasteiger partial charge in [0.05, 0.1) is 11.9 Å². The fourth-order valence-corrected chi connectivity index (χ4v) is 1.48. The summed E-state index contributed by atoms with van der Waals surface area (Å²) in [6.45, 7) is 4.81. The van der Waals surface area contributed by atoms with E-state index in [1.807, 2.05) is 0 Å². The van der Waals surface area contributed by atoms with E-state index in [0.29, 0.717) is 12.6 Å². The summed E-state index contributed by atoms with van der Waals surface area (Å²) in [4.78, 5) is 19.6. The van der Waals surface area contributed by atoms with Gasteiger partial charge < -0.3 is 5.32 Å². The number of nitrogens with zero attached hydrogens (tertiary/aromatic N) is 5. The van der Waals surface area contributed by atoms with Gasteiger partial charge in [0.25, 0.3) is 0 Å². The molecule has 0 atom stereocenters. The zero-order valence-electron chi connectivity index (χ0n) is 11.4. The second-order valence-electron chi connectivity index (χ2n) is 4.56. The van der Waals surface area contributed by atoms with Crippen molar-refractivity contribution in [2.45, 2.75) is 33.0 Å². The number of anilines is 1. The van der Waals surface area contributed by atoms with Crippen LogP contribution in [0.1, 0.15) is 19.5 Å². The zero-order valence-corrected chi connectivity index (χ0v) is 11.4. The van der Waals surface area contributed by atoms with Gasteiger partial charge in [-0.05, 0) is 6.07 Å². The third kappa shape index (κ3) is 4.39. The third-order valence-corrected chi connectivity index (χ3v) is 2.40. The number of carbonyl (C=O) groups is 1. The number of hydrogen-bond acceptors (Lipinski definition) is 6. The molecule has 2 aromatic heterocycles. The number of nitrogens with one attached hydrogen (secondary N) is 2. The molecule has 2 heterocycles. The molecule has 0 aliphatic heterocycles. The lowest BCUT2D eigenvalue weighted by Gasteiger charge is -2.04. The van der Waals surface area contributed by atoms with Gasteiger partial charge in [0.15, 0.2) is 0 Å². The van der Waals surface area contributed by atoms with E-state index < -0.39 is 0 Å². The van der Waals surface area contributed by atoms with Crippen LogP contribution in [0.3, 0.4) is 0 Å². The summed E-state index contributed by atoms with van der Waals surface area (Å²) in [5, 5.41) is 13.7. The molecular weight excluding hydrogens is 258 g/mol. The van der Waals surface area contributed by atoms with E-state index in [4.69, 9.17) is 0 Å². The molecule has 0 saturated heterocycles. The number of amides is 1. The Balaban J connectivity index is 1.85.